The monoisotopic (exact) mass is 254 g/mol. The fraction of sp³-hybridized carbons (Fsp3) is 0.133. The van der Waals surface area contributed by atoms with Crippen molar-refractivity contribution >= 4 is 5.91 Å². The number of nitrogens with one attached hydrogen (secondary N) is 1. The Balaban J connectivity index is 1.91. The van der Waals surface area contributed by atoms with Crippen LogP contribution in [-0.2, 0) is 6.54 Å². The second kappa shape index (κ2) is 6.43. The zero-order chi connectivity index (χ0) is 13.5. The lowest BCUT2D eigenvalue weighted by atomic mass is 10.1. The fourth-order valence-electron chi connectivity index (χ4n) is 1.54. The van der Waals surface area contributed by atoms with E-state index >= 15 is 0 Å². The summed E-state index contributed by atoms with van der Waals surface area (Å²) in [6.07, 6.45) is 2.89. The molecule has 0 aliphatic rings. The summed E-state index contributed by atoms with van der Waals surface area (Å²) in [6, 6.07) is 9.29. The summed E-state index contributed by atoms with van der Waals surface area (Å²) in [4.78, 5) is 11.7. The van der Waals surface area contributed by atoms with E-state index in [0.717, 1.165) is 11.1 Å². The molecule has 0 fully saturated rings. The van der Waals surface area contributed by atoms with Crippen molar-refractivity contribution in [3.8, 4) is 11.8 Å². The van der Waals surface area contributed by atoms with Gasteiger partial charge in [0.2, 0.25) is 0 Å². The van der Waals surface area contributed by atoms with Crippen molar-refractivity contribution in [2.75, 3.05) is 6.54 Å². The van der Waals surface area contributed by atoms with Crippen molar-refractivity contribution in [2.45, 2.75) is 6.54 Å². The molecule has 1 aromatic carbocycles. The van der Waals surface area contributed by atoms with E-state index in [1.807, 2.05) is 24.3 Å². The first-order chi connectivity index (χ1) is 9.29. The molecule has 96 valence electrons. The van der Waals surface area contributed by atoms with Crippen molar-refractivity contribution < 1.29 is 9.21 Å². The molecule has 2 aromatic rings. The molecule has 0 spiro atoms. The molecule has 1 amide bonds. The predicted octanol–water partition coefficient (Wildman–Crippen LogP) is 1.52. The summed E-state index contributed by atoms with van der Waals surface area (Å²) in [6.45, 7) is 0.817. The molecule has 2 rings (SSSR count). The van der Waals surface area contributed by atoms with Crippen LogP contribution in [0.2, 0.25) is 0 Å². The number of rotatable bonds is 3. The van der Waals surface area contributed by atoms with Gasteiger partial charge in [0.05, 0.1) is 18.4 Å². The minimum Gasteiger partial charge on any atom is -0.472 e. The Labute approximate surface area is 111 Å². The predicted molar refractivity (Wildman–Crippen MR) is 72.3 cm³/mol. The molecule has 0 saturated carbocycles. The first kappa shape index (κ1) is 12.9. The Hall–Kier alpha value is -2.51. The topological polar surface area (TPSA) is 68.3 Å². The Bertz CT molecular complexity index is 589. The number of carbonyl (C=O) groups is 1. The lowest BCUT2D eigenvalue weighted by Gasteiger charge is -2.03. The van der Waals surface area contributed by atoms with E-state index in [1.54, 1.807) is 6.07 Å². The van der Waals surface area contributed by atoms with Crippen LogP contribution in [0.3, 0.4) is 0 Å². The van der Waals surface area contributed by atoms with Crippen molar-refractivity contribution in [1.82, 2.24) is 5.32 Å². The second-order valence-corrected chi connectivity index (χ2v) is 3.90. The Morgan fingerprint density at radius 2 is 2.05 bits per heavy atom. The zero-order valence-corrected chi connectivity index (χ0v) is 10.3. The van der Waals surface area contributed by atoms with E-state index in [9.17, 15) is 4.79 Å². The van der Waals surface area contributed by atoms with Crippen LogP contribution in [0.5, 0.6) is 0 Å². The third-order valence-electron chi connectivity index (χ3n) is 2.53. The summed E-state index contributed by atoms with van der Waals surface area (Å²) in [5.74, 6) is 5.58. The van der Waals surface area contributed by atoms with Gasteiger partial charge in [0.15, 0.2) is 0 Å². The first-order valence-corrected chi connectivity index (χ1v) is 5.88. The van der Waals surface area contributed by atoms with Gasteiger partial charge in [-0.05, 0) is 23.8 Å². The molecule has 1 aromatic heterocycles. The maximum atomic E-state index is 11.7. The number of hydrogen-bond acceptors (Lipinski definition) is 3. The molecule has 0 aliphatic heterocycles. The summed E-state index contributed by atoms with van der Waals surface area (Å²) < 4.78 is 4.85. The molecule has 0 bridgehead atoms. The summed E-state index contributed by atoms with van der Waals surface area (Å²) in [7, 11) is 0. The lowest BCUT2D eigenvalue weighted by molar-refractivity contribution is 0.0950. The maximum absolute atomic E-state index is 11.7. The van der Waals surface area contributed by atoms with E-state index in [1.165, 1.54) is 12.5 Å². The minimum atomic E-state index is -0.152. The SMILES string of the molecule is NCC#Cc1ccc(CNC(=O)c2ccoc2)cc1. The lowest BCUT2D eigenvalue weighted by Crippen LogP contribution is -2.22. The van der Waals surface area contributed by atoms with Gasteiger partial charge in [-0.1, -0.05) is 24.0 Å². The van der Waals surface area contributed by atoms with Crippen LogP contribution in [-0.4, -0.2) is 12.5 Å². The van der Waals surface area contributed by atoms with Gasteiger partial charge in [0.25, 0.3) is 5.91 Å². The van der Waals surface area contributed by atoms with Crippen molar-refractivity contribution in [3.05, 3.63) is 59.5 Å². The quantitative estimate of drug-likeness (QED) is 0.816. The van der Waals surface area contributed by atoms with E-state index in [0.29, 0.717) is 18.7 Å². The van der Waals surface area contributed by atoms with Gasteiger partial charge in [-0.3, -0.25) is 4.79 Å². The second-order valence-electron chi connectivity index (χ2n) is 3.90. The van der Waals surface area contributed by atoms with Gasteiger partial charge >= 0.3 is 0 Å². The Kier molecular flexibility index (Phi) is 4.38. The van der Waals surface area contributed by atoms with E-state index < -0.39 is 0 Å². The molecule has 0 atom stereocenters. The van der Waals surface area contributed by atoms with Crippen LogP contribution in [0.1, 0.15) is 21.5 Å². The number of furan rings is 1. The van der Waals surface area contributed by atoms with Gasteiger partial charge in [-0.2, -0.15) is 0 Å². The molecule has 0 aliphatic carbocycles. The Morgan fingerprint density at radius 1 is 1.26 bits per heavy atom. The molecule has 0 saturated heterocycles. The highest BCUT2D eigenvalue weighted by atomic mass is 16.3. The zero-order valence-electron chi connectivity index (χ0n) is 10.3. The third kappa shape index (κ3) is 3.73. The standard InChI is InChI=1S/C15H14N2O2/c16-8-1-2-12-3-5-13(6-4-12)10-17-15(18)14-7-9-19-11-14/h3-7,9,11H,8,10,16H2,(H,17,18). The number of amides is 1. The molecule has 19 heavy (non-hydrogen) atoms. The number of hydrogen-bond donors (Lipinski definition) is 2. The summed E-state index contributed by atoms with van der Waals surface area (Å²) in [5.41, 5.74) is 7.75. The Morgan fingerprint density at radius 3 is 2.68 bits per heavy atom. The van der Waals surface area contributed by atoms with Crippen molar-refractivity contribution in [3.63, 3.8) is 0 Å². The van der Waals surface area contributed by atoms with E-state index in [2.05, 4.69) is 17.2 Å². The normalized spacial score (nSPS) is 9.53. The smallest absolute Gasteiger partial charge is 0.254 e. The highest BCUT2D eigenvalue weighted by molar-refractivity contribution is 5.93. The maximum Gasteiger partial charge on any atom is 0.254 e. The third-order valence-corrected chi connectivity index (χ3v) is 2.53. The first-order valence-electron chi connectivity index (χ1n) is 5.88. The molecule has 3 N–H and O–H groups in total. The molecule has 4 heteroatoms. The molecular formula is C15H14N2O2. The fourth-order valence-corrected chi connectivity index (χ4v) is 1.54. The minimum absolute atomic E-state index is 0.152. The van der Waals surface area contributed by atoms with Crippen LogP contribution >= 0.6 is 0 Å². The van der Waals surface area contributed by atoms with Gasteiger partial charge < -0.3 is 15.5 Å². The summed E-state index contributed by atoms with van der Waals surface area (Å²) >= 11 is 0. The van der Waals surface area contributed by atoms with Crippen molar-refractivity contribution in [2.24, 2.45) is 5.73 Å². The van der Waals surface area contributed by atoms with Gasteiger partial charge in [0, 0.05) is 12.1 Å². The van der Waals surface area contributed by atoms with E-state index in [-0.39, 0.29) is 5.91 Å². The average Bonchev–Trinajstić information content (AvgIpc) is 2.98. The number of benzene rings is 1. The average molecular weight is 254 g/mol. The highest BCUT2D eigenvalue weighted by Crippen LogP contribution is 2.04. The van der Waals surface area contributed by atoms with Gasteiger partial charge in [-0.25, -0.2) is 0 Å². The molecule has 1 heterocycles. The number of nitrogens with two attached hydrogens (primary N) is 1. The van der Waals surface area contributed by atoms with Crippen LogP contribution in [0, 0.1) is 11.8 Å². The summed E-state index contributed by atoms with van der Waals surface area (Å²) in [5, 5.41) is 2.81. The van der Waals surface area contributed by atoms with Crippen LogP contribution < -0.4 is 11.1 Å². The van der Waals surface area contributed by atoms with E-state index in [4.69, 9.17) is 10.2 Å². The van der Waals surface area contributed by atoms with Crippen molar-refractivity contribution in [1.29, 1.82) is 0 Å². The highest BCUT2D eigenvalue weighted by Gasteiger charge is 2.05. The largest absolute Gasteiger partial charge is 0.472 e. The molecular weight excluding hydrogens is 240 g/mol. The van der Waals surface area contributed by atoms with Crippen LogP contribution in [0.15, 0.2) is 47.3 Å². The van der Waals surface area contributed by atoms with Gasteiger partial charge in [-0.15, -0.1) is 0 Å². The van der Waals surface area contributed by atoms with Crippen LogP contribution in [0.4, 0.5) is 0 Å². The van der Waals surface area contributed by atoms with Gasteiger partial charge in [0.1, 0.15) is 6.26 Å². The molecule has 0 radical (unpaired) electrons. The molecule has 4 nitrogen and oxygen atoms in total. The molecule has 0 unspecified atom stereocenters. The number of carbonyl (C=O) groups excluding carboxylic acids is 1. The van der Waals surface area contributed by atoms with Crippen LogP contribution in [0.25, 0.3) is 0 Å².